The number of non-ortho nitro benzene ring substituents is 1. The van der Waals surface area contributed by atoms with E-state index in [0.29, 0.717) is 18.8 Å². The predicted octanol–water partition coefficient (Wildman–Crippen LogP) is 3.58. The molecule has 1 saturated heterocycles. The van der Waals surface area contributed by atoms with Crippen LogP contribution in [0.4, 0.5) is 11.4 Å². The van der Waals surface area contributed by atoms with Gasteiger partial charge in [-0.15, -0.1) is 0 Å². The lowest BCUT2D eigenvalue weighted by atomic mass is 10.0. The Kier molecular flexibility index (Phi) is 4.09. The van der Waals surface area contributed by atoms with E-state index in [1.54, 1.807) is 6.07 Å². The lowest BCUT2D eigenvalue weighted by molar-refractivity contribution is -0.384. The van der Waals surface area contributed by atoms with Crippen molar-refractivity contribution in [2.45, 2.75) is 18.9 Å². The van der Waals surface area contributed by atoms with Crippen LogP contribution in [0.1, 0.15) is 30.0 Å². The van der Waals surface area contributed by atoms with Gasteiger partial charge in [-0.3, -0.25) is 10.1 Å². The highest BCUT2D eigenvalue weighted by Crippen LogP contribution is 2.41. The number of benzene rings is 2. The van der Waals surface area contributed by atoms with Crippen LogP contribution in [0, 0.1) is 21.4 Å². The molecule has 1 fully saturated rings. The molecule has 0 aromatic heterocycles. The second-order valence-corrected chi connectivity index (χ2v) is 6.32. The van der Waals surface area contributed by atoms with Crippen molar-refractivity contribution in [1.29, 1.82) is 5.26 Å². The number of hydrogen-bond acceptors (Lipinski definition) is 6. The maximum absolute atomic E-state index is 11.0. The fourth-order valence-electron chi connectivity index (χ4n) is 3.65. The molecule has 0 radical (unpaired) electrons. The van der Waals surface area contributed by atoms with Crippen LogP contribution in [0.2, 0.25) is 0 Å². The average molecular weight is 351 g/mol. The molecule has 0 spiro atoms. The Morgan fingerprint density at radius 3 is 2.73 bits per heavy atom. The van der Waals surface area contributed by atoms with Gasteiger partial charge in [0, 0.05) is 18.7 Å². The highest BCUT2D eigenvalue weighted by atomic mass is 16.6. The van der Waals surface area contributed by atoms with Crippen LogP contribution in [0.15, 0.2) is 36.4 Å². The number of hydrogen-bond donors (Lipinski definition) is 0. The van der Waals surface area contributed by atoms with E-state index in [9.17, 15) is 15.4 Å². The Labute approximate surface area is 150 Å². The van der Waals surface area contributed by atoms with Crippen molar-refractivity contribution < 1.29 is 14.4 Å². The lowest BCUT2D eigenvalue weighted by Gasteiger charge is -2.29. The zero-order valence-electron chi connectivity index (χ0n) is 14.1. The third kappa shape index (κ3) is 2.80. The first-order valence-electron chi connectivity index (χ1n) is 8.52. The van der Waals surface area contributed by atoms with Crippen LogP contribution in [0.5, 0.6) is 11.5 Å². The molecule has 4 rings (SSSR count). The third-order valence-corrected chi connectivity index (χ3v) is 4.82. The van der Waals surface area contributed by atoms with E-state index in [2.05, 4.69) is 11.0 Å². The molecule has 0 bridgehead atoms. The summed E-state index contributed by atoms with van der Waals surface area (Å²) in [5.74, 6) is 1.49. The van der Waals surface area contributed by atoms with Gasteiger partial charge in [0.15, 0.2) is 11.5 Å². The number of nitro groups is 1. The first-order valence-corrected chi connectivity index (χ1v) is 8.52. The maximum Gasteiger partial charge on any atom is 0.270 e. The predicted molar refractivity (Wildman–Crippen MR) is 94.6 cm³/mol. The molecular weight excluding hydrogens is 334 g/mol. The molecule has 0 N–H and O–H groups in total. The highest BCUT2D eigenvalue weighted by molar-refractivity contribution is 5.64. The van der Waals surface area contributed by atoms with Crippen molar-refractivity contribution in [3.63, 3.8) is 0 Å². The first kappa shape index (κ1) is 16.2. The van der Waals surface area contributed by atoms with Gasteiger partial charge in [0.1, 0.15) is 19.3 Å². The van der Waals surface area contributed by atoms with E-state index in [4.69, 9.17) is 9.47 Å². The van der Waals surface area contributed by atoms with E-state index >= 15 is 0 Å². The Hall–Kier alpha value is -3.27. The summed E-state index contributed by atoms with van der Waals surface area (Å²) in [4.78, 5) is 12.6. The number of ether oxygens (including phenoxy) is 2. The summed E-state index contributed by atoms with van der Waals surface area (Å²) in [5, 5.41) is 20.4. The van der Waals surface area contributed by atoms with Gasteiger partial charge in [0.05, 0.1) is 22.2 Å². The Morgan fingerprint density at radius 1 is 1.15 bits per heavy atom. The minimum Gasteiger partial charge on any atom is -0.486 e. The number of rotatable bonds is 3. The summed E-state index contributed by atoms with van der Waals surface area (Å²) in [6.07, 6.45) is 1.93. The summed E-state index contributed by atoms with van der Waals surface area (Å²) in [6, 6.07) is 12.6. The standard InChI is InChI=1S/C19H17N3O4/c20-12-14-10-15(22(23)24)4-5-17(14)21-7-1-2-16(21)13-3-6-18-19(11-13)26-9-8-25-18/h3-6,10-11,16H,1-2,7-9H2/t16-/m1/s1. The summed E-state index contributed by atoms with van der Waals surface area (Å²) in [6.45, 7) is 1.88. The van der Waals surface area contributed by atoms with Crippen molar-refractivity contribution in [2.75, 3.05) is 24.7 Å². The van der Waals surface area contributed by atoms with Crippen LogP contribution in [0.3, 0.4) is 0 Å². The minimum absolute atomic E-state index is 0.0691. The smallest absolute Gasteiger partial charge is 0.270 e. The van der Waals surface area contributed by atoms with Crippen molar-refractivity contribution in [3.8, 4) is 17.6 Å². The molecule has 2 aliphatic rings. The van der Waals surface area contributed by atoms with Crippen LogP contribution >= 0.6 is 0 Å². The minimum atomic E-state index is -0.479. The molecule has 0 saturated carbocycles. The van der Waals surface area contributed by atoms with E-state index in [0.717, 1.165) is 42.1 Å². The number of anilines is 1. The van der Waals surface area contributed by atoms with Crippen LogP contribution in [-0.2, 0) is 0 Å². The number of fused-ring (bicyclic) bond motifs is 1. The van der Waals surface area contributed by atoms with Gasteiger partial charge >= 0.3 is 0 Å². The second-order valence-electron chi connectivity index (χ2n) is 6.32. The fourth-order valence-corrected chi connectivity index (χ4v) is 3.65. The molecule has 0 amide bonds. The van der Waals surface area contributed by atoms with Crippen molar-refractivity contribution in [3.05, 3.63) is 57.6 Å². The molecule has 7 heteroatoms. The molecule has 2 heterocycles. The molecule has 2 aromatic rings. The topological polar surface area (TPSA) is 88.6 Å². The molecule has 1 atom stereocenters. The molecule has 7 nitrogen and oxygen atoms in total. The average Bonchev–Trinajstić information content (AvgIpc) is 3.16. The van der Waals surface area contributed by atoms with Gasteiger partial charge in [0.2, 0.25) is 0 Å². The van der Waals surface area contributed by atoms with Crippen molar-refractivity contribution >= 4 is 11.4 Å². The largest absolute Gasteiger partial charge is 0.486 e. The Balaban J connectivity index is 1.69. The van der Waals surface area contributed by atoms with Crippen LogP contribution in [0.25, 0.3) is 0 Å². The van der Waals surface area contributed by atoms with Gasteiger partial charge in [-0.25, -0.2) is 0 Å². The number of nitrogens with zero attached hydrogens (tertiary/aromatic N) is 3. The van der Waals surface area contributed by atoms with E-state index in [1.807, 2.05) is 18.2 Å². The molecule has 2 aromatic carbocycles. The van der Waals surface area contributed by atoms with E-state index in [1.165, 1.54) is 12.1 Å². The van der Waals surface area contributed by atoms with E-state index < -0.39 is 4.92 Å². The van der Waals surface area contributed by atoms with Crippen molar-refractivity contribution in [1.82, 2.24) is 0 Å². The zero-order valence-corrected chi connectivity index (χ0v) is 14.1. The monoisotopic (exact) mass is 351 g/mol. The zero-order chi connectivity index (χ0) is 18.1. The van der Waals surface area contributed by atoms with E-state index in [-0.39, 0.29) is 11.7 Å². The van der Waals surface area contributed by atoms with Gasteiger partial charge in [-0.1, -0.05) is 6.07 Å². The van der Waals surface area contributed by atoms with Gasteiger partial charge < -0.3 is 14.4 Å². The molecule has 132 valence electrons. The third-order valence-electron chi connectivity index (χ3n) is 4.82. The molecule has 0 unspecified atom stereocenters. The summed E-state index contributed by atoms with van der Waals surface area (Å²) in [7, 11) is 0. The Bertz CT molecular complexity index is 906. The first-order chi connectivity index (χ1) is 12.7. The number of nitriles is 1. The fraction of sp³-hybridized carbons (Fsp3) is 0.316. The quantitative estimate of drug-likeness (QED) is 0.620. The lowest BCUT2D eigenvalue weighted by Crippen LogP contribution is -2.24. The summed E-state index contributed by atoms with van der Waals surface area (Å²) >= 11 is 0. The maximum atomic E-state index is 11.0. The molecule has 0 aliphatic carbocycles. The summed E-state index contributed by atoms with van der Waals surface area (Å²) < 4.78 is 11.3. The normalized spacial score (nSPS) is 18.4. The molecule has 26 heavy (non-hydrogen) atoms. The highest BCUT2D eigenvalue weighted by Gasteiger charge is 2.29. The SMILES string of the molecule is N#Cc1cc([N+](=O)[O-])ccc1N1CCC[C@@H]1c1ccc2c(c1)OCCO2. The molecule has 2 aliphatic heterocycles. The van der Waals surface area contributed by atoms with Crippen molar-refractivity contribution in [2.24, 2.45) is 0 Å². The molecular formula is C19H17N3O4. The van der Waals surface area contributed by atoms with Gasteiger partial charge in [0.25, 0.3) is 5.69 Å². The van der Waals surface area contributed by atoms with Crippen LogP contribution < -0.4 is 14.4 Å². The van der Waals surface area contributed by atoms with Gasteiger partial charge in [-0.05, 0) is 36.6 Å². The summed E-state index contributed by atoms with van der Waals surface area (Å²) in [5.41, 5.74) is 2.08. The van der Waals surface area contributed by atoms with Crippen LogP contribution in [-0.4, -0.2) is 24.7 Å². The van der Waals surface area contributed by atoms with Gasteiger partial charge in [-0.2, -0.15) is 5.26 Å². The second kappa shape index (κ2) is 6.56. The number of nitro benzene ring substituents is 1. The Morgan fingerprint density at radius 2 is 1.96 bits per heavy atom.